The largest absolute Gasteiger partial charge is 0.484 e. The second-order valence-corrected chi connectivity index (χ2v) is 6.30. The van der Waals surface area contributed by atoms with Crippen molar-refractivity contribution in [2.75, 3.05) is 18.5 Å². The fraction of sp³-hybridized carbons (Fsp3) is 0.105. The second-order valence-electron chi connectivity index (χ2n) is 5.44. The zero-order valence-electron chi connectivity index (χ0n) is 14.1. The van der Waals surface area contributed by atoms with E-state index in [-0.39, 0.29) is 19.0 Å². The first kappa shape index (κ1) is 18.5. The van der Waals surface area contributed by atoms with Crippen molar-refractivity contribution in [1.82, 2.24) is 10.3 Å². The van der Waals surface area contributed by atoms with Crippen LogP contribution in [0.15, 0.2) is 60.0 Å². The van der Waals surface area contributed by atoms with Gasteiger partial charge in [0, 0.05) is 10.9 Å². The summed E-state index contributed by atoms with van der Waals surface area (Å²) in [5.74, 6) is -0.662. The number of carbonyl (C=O) groups is 2. The molecule has 0 bridgehead atoms. The van der Waals surface area contributed by atoms with Crippen molar-refractivity contribution >= 4 is 28.3 Å². The summed E-state index contributed by atoms with van der Waals surface area (Å²) >= 11 is 1.18. The maximum absolute atomic E-state index is 13.8. The Hall–Kier alpha value is -3.26. The number of nitrogens with one attached hydrogen (secondary N) is 2. The van der Waals surface area contributed by atoms with Crippen LogP contribution in [0.4, 0.5) is 9.52 Å². The molecule has 0 radical (unpaired) electrons. The Morgan fingerprint density at radius 1 is 1.04 bits per heavy atom. The molecule has 2 aromatic carbocycles. The zero-order chi connectivity index (χ0) is 19.1. The van der Waals surface area contributed by atoms with E-state index in [1.165, 1.54) is 17.4 Å². The number of carbonyl (C=O) groups excluding carboxylic acids is 2. The lowest BCUT2D eigenvalue weighted by molar-refractivity contribution is -0.125. The molecule has 2 N–H and O–H groups in total. The van der Waals surface area contributed by atoms with Gasteiger partial charge >= 0.3 is 0 Å². The fourth-order valence-corrected chi connectivity index (χ4v) is 2.91. The van der Waals surface area contributed by atoms with E-state index in [4.69, 9.17) is 4.74 Å². The van der Waals surface area contributed by atoms with Crippen molar-refractivity contribution in [1.29, 1.82) is 0 Å². The third-order valence-electron chi connectivity index (χ3n) is 3.46. The van der Waals surface area contributed by atoms with Gasteiger partial charge in [0.25, 0.3) is 5.91 Å². The predicted molar refractivity (Wildman–Crippen MR) is 101 cm³/mol. The number of benzene rings is 2. The van der Waals surface area contributed by atoms with Crippen LogP contribution in [0.5, 0.6) is 5.75 Å². The molecule has 0 atom stereocenters. The standard InChI is InChI=1S/C19H16FN3O3S/c20-15-9-5-4-8-14(15)16-12-27-19(22-16)23-17(24)10-21-18(25)11-26-13-6-2-1-3-7-13/h1-9,12H,10-11H2,(H,21,25)(H,22,23,24). The van der Waals surface area contributed by atoms with Crippen LogP contribution in [0.25, 0.3) is 11.3 Å². The molecule has 3 rings (SSSR count). The van der Waals surface area contributed by atoms with Crippen LogP contribution in [0.2, 0.25) is 0 Å². The van der Waals surface area contributed by atoms with Crippen LogP contribution < -0.4 is 15.4 Å². The van der Waals surface area contributed by atoms with Gasteiger partial charge in [-0.1, -0.05) is 30.3 Å². The van der Waals surface area contributed by atoms with Crippen LogP contribution in [-0.2, 0) is 9.59 Å². The molecule has 0 unspecified atom stereocenters. The molecule has 8 heteroatoms. The Kier molecular flexibility index (Phi) is 6.11. The Morgan fingerprint density at radius 3 is 2.56 bits per heavy atom. The van der Waals surface area contributed by atoms with Gasteiger partial charge < -0.3 is 15.4 Å². The van der Waals surface area contributed by atoms with Crippen LogP contribution in [-0.4, -0.2) is 29.9 Å². The highest BCUT2D eigenvalue weighted by atomic mass is 32.1. The van der Waals surface area contributed by atoms with Crippen molar-refractivity contribution < 1.29 is 18.7 Å². The number of para-hydroxylation sites is 1. The molecule has 1 heterocycles. The van der Waals surface area contributed by atoms with E-state index in [9.17, 15) is 14.0 Å². The summed E-state index contributed by atoms with van der Waals surface area (Å²) in [6, 6.07) is 15.2. The first-order valence-electron chi connectivity index (χ1n) is 8.06. The van der Waals surface area contributed by atoms with Crippen molar-refractivity contribution in [3.8, 4) is 17.0 Å². The van der Waals surface area contributed by atoms with E-state index in [0.717, 1.165) is 0 Å². The lowest BCUT2D eigenvalue weighted by Crippen LogP contribution is -2.35. The fourth-order valence-electron chi connectivity index (χ4n) is 2.18. The normalized spacial score (nSPS) is 10.3. The minimum atomic E-state index is -0.433. The van der Waals surface area contributed by atoms with E-state index < -0.39 is 11.8 Å². The molecular weight excluding hydrogens is 369 g/mol. The predicted octanol–water partition coefficient (Wildman–Crippen LogP) is 3.08. The quantitative estimate of drug-likeness (QED) is 0.655. The molecule has 6 nitrogen and oxygen atoms in total. The number of hydrogen-bond donors (Lipinski definition) is 2. The number of hydrogen-bond acceptors (Lipinski definition) is 5. The summed E-state index contributed by atoms with van der Waals surface area (Å²) in [6.45, 7) is -0.405. The molecular formula is C19H16FN3O3S. The van der Waals surface area contributed by atoms with Crippen molar-refractivity contribution in [3.63, 3.8) is 0 Å². The van der Waals surface area contributed by atoms with Gasteiger partial charge in [0.2, 0.25) is 5.91 Å². The maximum Gasteiger partial charge on any atom is 0.258 e. The zero-order valence-corrected chi connectivity index (χ0v) is 15.0. The van der Waals surface area contributed by atoms with Gasteiger partial charge in [-0.3, -0.25) is 9.59 Å². The maximum atomic E-state index is 13.8. The lowest BCUT2D eigenvalue weighted by atomic mass is 10.2. The Balaban J connectivity index is 1.46. The third-order valence-corrected chi connectivity index (χ3v) is 4.22. The molecule has 0 saturated carbocycles. The minimum absolute atomic E-state index is 0.189. The summed E-state index contributed by atoms with van der Waals surface area (Å²) in [7, 11) is 0. The summed E-state index contributed by atoms with van der Waals surface area (Å²) < 4.78 is 19.1. The van der Waals surface area contributed by atoms with Gasteiger partial charge in [-0.05, 0) is 24.3 Å². The highest BCUT2D eigenvalue weighted by molar-refractivity contribution is 7.14. The first-order chi connectivity index (χ1) is 13.1. The van der Waals surface area contributed by atoms with Gasteiger partial charge in [-0.2, -0.15) is 0 Å². The van der Waals surface area contributed by atoms with E-state index in [1.54, 1.807) is 47.8 Å². The van der Waals surface area contributed by atoms with Crippen molar-refractivity contribution in [3.05, 3.63) is 65.8 Å². The highest BCUT2D eigenvalue weighted by Crippen LogP contribution is 2.26. The van der Waals surface area contributed by atoms with E-state index >= 15 is 0 Å². The molecule has 1 aromatic heterocycles. The van der Waals surface area contributed by atoms with Crippen LogP contribution in [0.3, 0.4) is 0 Å². The van der Waals surface area contributed by atoms with E-state index in [0.29, 0.717) is 22.1 Å². The van der Waals surface area contributed by atoms with Gasteiger partial charge in [0.15, 0.2) is 11.7 Å². The van der Waals surface area contributed by atoms with Crippen molar-refractivity contribution in [2.45, 2.75) is 0 Å². The number of nitrogens with zero attached hydrogens (tertiary/aromatic N) is 1. The SMILES string of the molecule is O=C(COc1ccccc1)NCC(=O)Nc1nc(-c2ccccc2F)cs1. The molecule has 3 aromatic rings. The molecule has 0 saturated heterocycles. The molecule has 0 aliphatic rings. The van der Waals surface area contributed by atoms with Crippen molar-refractivity contribution in [2.24, 2.45) is 0 Å². The summed E-state index contributed by atoms with van der Waals surface area (Å²) in [5.41, 5.74) is 0.800. The van der Waals surface area contributed by atoms with Gasteiger partial charge in [-0.15, -0.1) is 11.3 Å². The Bertz CT molecular complexity index is 931. The van der Waals surface area contributed by atoms with Gasteiger partial charge in [0.05, 0.1) is 12.2 Å². The summed E-state index contributed by atoms with van der Waals surface area (Å²) in [6.07, 6.45) is 0. The minimum Gasteiger partial charge on any atom is -0.484 e. The lowest BCUT2D eigenvalue weighted by Gasteiger charge is -2.07. The molecule has 0 aliphatic heterocycles. The third kappa shape index (κ3) is 5.35. The first-order valence-corrected chi connectivity index (χ1v) is 8.94. The number of amides is 2. The molecule has 0 aliphatic carbocycles. The molecule has 2 amide bonds. The van der Waals surface area contributed by atoms with Crippen LogP contribution >= 0.6 is 11.3 Å². The molecule has 0 spiro atoms. The number of thiazole rings is 1. The number of rotatable bonds is 7. The average Bonchev–Trinajstić information content (AvgIpc) is 3.14. The average molecular weight is 385 g/mol. The summed E-state index contributed by atoms with van der Waals surface area (Å²) in [5, 5.41) is 7.01. The van der Waals surface area contributed by atoms with Gasteiger partial charge in [-0.25, -0.2) is 9.37 Å². The second kappa shape index (κ2) is 8.91. The number of aromatic nitrogens is 1. The molecule has 138 valence electrons. The number of anilines is 1. The summed E-state index contributed by atoms with van der Waals surface area (Å²) in [4.78, 5) is 27.9. The topological polar surface area (TPSA) is 80.3 Å². The Morgan fingerprint density at radius 2 is 1.78 bits per heavy atom. The molecule has 27 heavy (non-hydrogen) atoms. The monoisotopic (exact) mass is 385 g/mol. The number of halogens is 1. The number of ether oxygens (including phenoxy) is 1. The smallest absolute Gasteiger partial charge is 0.258 e. The molecule has 0 fully saturated rings. The Labute approximate surface area is 159 Å². The van der Waals surface area contributed by atoms with Gasteiger partial charge in [0.1, 0.15) is 11.6 Å². The highest BCUT2D eigenvalue weighted by Gasteiger charge is 2.12. The van der Waals surface area contributed by atoms with Crippen LogP contribution in [0, 0.1) is 5.82 Å². The van der Waals surface area contributed by atoms with E-state index in [2.05, 4.69) is 15.6 Å². The van der Waals surface area contributed by atoms with Crippen LogP contribution in [0.1, 0.15) is 0 Å². The van der Waals surface area contributed by atoms with E-state index in [1.807, 2.05) is 6.07 Å².